The molecule has 3 N–H and O–H groups in total. The van der Waals surface area contributed by atoms with Crippen LogP contribution < -0.4 is 10.6 Å². The van der Waals surface area contributed by atoms with Gasteiger partial charge in [0.15, 0.2) is 0 Å². The Balaban J connectivity index is 2.23. The lowest BCUT2D eigenvalue weighted by molar-refractivity contribution is 0.0727. The summed E-state index contributed by atoms with van der Waals surface area (Å²) in [4.78, 5) is 2.18. The molecule has 0 saturated carbocycles. The Morgan fingerprint density at radius 2 is 2.38 bits per heavy atom. The molecule has 1 aromatic carbocycles. The highest BCUT2D eigenvalue weighted by atomic mass is 16.5. The molecule has 4 heteroatoms. The normalized spacial score (nSPS) is 21.1. The summed E-state index contributed by atoms with van der Waals surface area (Å²) < 4.78 is 5.35. The predicted molar refractivity (Wildman–Crippen MR) is 64.6 cm³/mol. The maximum Gasteiger partial charge on any atom is 0.0755 e. The molecule has 1 aromatic rings. The third kappa shape index (κ3) is 2.13. The minimum Gasteiger partial charge on any atom is -0.399 e. The van der Waals surface area contributed by atoms with Crippen LogP contribution in [0.15, 0.2) is 18.2 Å². The molecule has 1 unspecified atom stereocenters. The molecular formula is C12H18N2O2. The van der Waals surface area contributed by atoms with Gasteiger partial charge in [0.05, 0.1) is 25.9 Å². The van der Waals surface area contributed by atoms with Gasteiger partial charge in [-0.25, -0.2) is 0 Å². The Bertz CT molecular complexity index is 368. The first-order valence-corrected chi connectivity index (χ1v) is 5.53. The molecule has 1 aliphatic rings. The molecule has 1 saturated heterocycles. The van der Waals surface area contributed by atoms with Crippen molar-refractivity contribution in [3.05, 3.63) is 23.8 Å². The van der Waals surface area contributed by atoms with Crippen LogP contribution in [0, 0.1) is 6.92 Å². The molecule has 2 rings (SSSR count). The van der Waals surface area contributed by atoms with E-state index in [-0.39, 0.29) is 12.6 Å². The van der Waals surface area contributed by atoms with Crippen LogP contribution in [-0.4, -0.2) is 37.5 Å². The number of anilines is 2. The number of nitrogen functional groups attached to an aromatic ring is 1. The molecule has 1 atom stereocenters. The smallest absolute Gasteiger partial charge is 0.0755 e. The zero-order valence-corrected chi connectivity index (χ0v) is 9.52. The van der Waals surface area contributed by atoms with E-state index in [1.165, 1.54) is 0 Å². The minimum absolute atomic E-state index is 0.0526. The number of hydrogen-bond acceptors (Lipinski definition) is 4. The molecule has 4 nitrogen and oxygen atoms in total. The van der Waals surface area contributed by atoms with Crippen molar-refractivity contribution in [2.24, 2.45) is 0 Å². The Labute approximate surface area is 95.6 Å². The van der Waals surface area contributed by atoms with Crippen LogP contribution in [-0.2, 0) is 4.74 Å². The van der Waals surface area contributed by atoms with Crippen molar-refractivity contribution < 1.29 is 9.84 Å². The van der Waals surface area contributed by atoms with E-state index in [2.05, 4.69) is 11.0 Å². The van der Waals surface area contributed by atoms with E-state index in [0.717, 1.165) is 23.5 Å². The second kappa shape index (κ2) is 4.72. The number of hydrogen-bond donors (Lipinski definition) is 2. The minimum atomic E-state index is 0.0526. The van der Waals surface area contributed by atoms with Gasteiger partial charge >= 0.3 is 0 Å². The molecule has 0 amide bonds. The molecule has 88 valence electrons. The van der Waals surface area contributed by atoms with Crippen LogP contribution >= 0.6 is 0 Å². The van der Waals surface area contributed by atoms with Crippen LogP contribution in [0.2, 0.25) is 0 Å². The summed E-state index contributed by atoms with van der Waals surface area (Å²) in [5.41, 5.74) is 8.77. The maximum atomic E-state index is 9.30. The fourth-order valence-electron chi connectivity index (χ4n) is 1.98. The monoisotopic (exact) mass is 222 g/mol. The number of nitrogens with two attached hydrogens (primary N) is 1. The van der Waals surface area contributed by atoms with E-state index in [9.17, 15) is 5.11 Å². The van der Waals surface area contributed by atoms with Gasteiger partial charge in [-0.3, -0.25) is 0 Å². The number of rotatable bonds is 2. The van der Waals surface area contributed by atoms with Crippen LogP contribution in [0.5, 0.6) is 0 Å². The third-order valence-corrected chi connectivity index (χ3v) is 3.02. The molecule has 0 aliphatic carbocycles. The summed E-state index contributed by atoms with van der Waals surface area (Å²) in [6.07, 6.45) is 0. The molecule has 0 bridgehead atoms. The van der Waals surface area contributed by atoms with Crippen molar-refractivity contribution >= 4 is 11.4 Å². The molecule has 1 fully saturated rings. The number of aryl methyl sites for hydroxylation is 1. The lowest BCUT2D eigenvalue weighted by Crippen LogP contribution is -2.47. The number of benzene rings is 1. The molecule has 0 spiro atoms. The molecular weight excluding hydrogens is 204 g/mol. The summed E-state index contributed by atoms with van der Waals surface area (Å²) in [6.45, 7) is 4.21. The SMILES string of the molecule is Cc1cc(N2CCOCC2CO)ccc1N. The highest BCUT2D eigenvalue weighted by Crippen LogP contribution is 2.23. The zero-order chi connectivity index (χ0) is 11.5. The lowest BCUT2D eigenvalue weighted by atomic mass is 10.1. The standard InChI is InChI=1S/C12H18N2O2/c1-9-6-10(2-3-12(9)13)14-4-5-16-8-11(14)7-15/h2-3,6,11,15H,4-5,7-8,13H2,1H3. The second-order valence-electron chi connectivity index (χ2n) is 4.15. The predicted octanol–water partition coefficient (Wildman–Crippen LogP) is 0.775. The Morgan fingerprint density at radius 3 is 3.06 bits per heavy atom. The van der Waals surface area contributed by atoms with Gasteiger partial charge in [-0.15, -0.1) is 0 Å². The number of aliphatic hydroxyl groups is 1. The Hall–Kier alpha value is -1.26. The van der Waals surface area contributed by atoms with E-state index in [1.807, 2.05) is 19.1 Å². The maximum absolute atomic E-state index is 9.30. The van der Waals surface area contributed by atoms with E-state index in [1.54, 1.807) is 0 Å². The lowest BCUT2D eigenvalue weighted by Gasteiger charge is -2.36. The van der Waals surface area contributed by atoms with Gasteiger partial charge in [-0.2, -0.15) is 0 Å². The average molecular weight is 222 g/mol. The summed E-state index contributed by atoms with van der Waals surface area (Å²) in [5.74, 6) is 0. The molecule has 0 radical (unpaired) electrons. The van der Waals surface area contributed by atoms with Crippen LogP contribution in [0.3, 0.4) is 0 Å². The molecule has 16 heavy (non-hydrogen) atoms. The summed E-state index contributed by atoms with van der Waals surface area (Å²) >= 11 is 0. The molecule has 1 aliphatic heterocycles. The van der Waals surface area contributed by atoms with Gasteiger partial charge in [0.25, 0.3) is 0 Å². The second-order valence-corrected chi connectivity index (χ2v) is 4.15. The topological polar surface area (TPSA) is 58.7 Å². The van der Waals surface area contributed by atoms with Crippen LogP contribution in [0.4, 0.5) is 11.4 Å². The van der Waals surface area contributed by atoms with E-state index >= 15 is 0 Å². The largest absolute Gasteiger partial charge is 0.399 e. The number of aliphatic hydroxyl groups excluding tert-OH is 1. The third-order valence-electron chi connectivity index (χ3n) is 3.02. The quantitative estimate of drug-likeness (QED) is 0.726. The van der Waals surface area contributed by atoms with Gasteiger partial charge in [0, 0.05) is 17.9 Å². The molecule has 0 aromatic heterocycles. The van der Waals surface area contributed by atoms with Gasteiger partial charge in [-0.05, 0) is 30.7 Å². The van der Waals surface area contributed by atoms with Crippen LogP contribution in [0.25, 0.3) is 0 Å². The number of nitrogens with zero attached hydrogens (tertiary/aromatic N) is 1. The van der Waals surface area contributed by atoms with E-state index in [4.69, 9.17) is 10.5 Å². The number of ether oxygens (including phenoxy) is 1. The number of morpholine rings is 1. The van der Waals surface area contributed by atoms with Crippen molar-refractivity contribution in [2.75, 3.05) is 37.0 Å². The fraction of sp³-hybridized carbons (Fsp3) is 0.500. The first-order valence-electron chi connectivity index (χ1n) is 5.53. The first-order chi connectivity index (χ1) is 7.72. The van der Waals surface area contributed by atoms with E-state index < -0.39 is 0 Å². The molecule has 1 heterocycles. The summed E-state index contributed by atoms with van der Waals surface area (Å²) in [5, 5.41) is 9.30. The Kier molecular flexibility index (Phi) is 3.31. The average Bonchev–Trinajstić information content (AvgIpc) is 2.32. The summed E-state index contributed by atoms with van der Waals surface area (Å²) in [6, 6.07) is 6.02. The van der Waals surface area contributed by atoms with Gasteiger partial charge in [0.2, 0.25) is 0 Å². The van der Waals surface area contributed by atoms with Crippen LogP contribution in [0.1, 0.15) is 5.56 Å². The Morgan fingerprint density at radius 1 is 1.56 bits per heavy atom. The first kappa shape index (κ1) is 11.2. The zero-order valence-electron chi connectivity index (χ0n) is 9.52. The van der Waals surface area contributed by atoms with Gasteiger partial charge in [0.1, 0.15) is 0 Å². The van der Waals surface area contributed by atoms with Crippen molar-refractivity contribution in [1.29, 1.82) is 0 Å². The van der Waals surface area contributed by atoms with Crippen molar-refractivity contribution in [2.45, 2.75) is 13.0 Å². The van der Waals surface area contributed by atoms with E-state index in [0.29, 0.717) is 13.2 Å². The van der Waals surface area contributed by atoms with Gasteiger partial charge < -0.3 is 20.5 Å². The van der Waals surface area contributed by atoms with Gasteiger partial charge in [-0.1, -0.05) is 0 Å². The van der Waals surface area contributed by atoms with Crippen molar-refractivity contribution in [3.8, 4) is 0 Å². The summed E-state index contributed by atoms with van der Waals surface area (Å²) in [7, 11) is 0. The fourth-order valence-corrected chi connectivity index (χ4v) is 1.98. The van der Waals surface area contributed by atoms with Crippen molar-refractivity contribution in [3.63, 3.8) is 0 Å². The van der Waals surface area contributed by atoms with Crippen molar-refractivity contribution in [1.82, 2.24) is 0 Å². The highest BCUT2D eigenvalue weighted by Gasteiger charge is 2.22. The highest BCUT2D eigenvalue weighted by molar-refractivity contribution is 5.58.